The van der Waals surface area contributed by atoms with Crippen LogP contribution in [-0.4, -0.2) is 57.5 Å². The number of morpholine rings is 1. The van der Waals surface area contributed by atoms with E-state index in [0.29, 0.717) is 6.04 Å². The van der Waals surface area contributed by atoms with Crippen molar-refractivity contribution < 1.29 is 4.74 Å². The van der Waals surface area contributed by atoms with Crippen molar-refractivity contribution in [3.8, 4) is 11.3 Å². The van der Waals surface area contributed by atoms with Crippen molar-refractivity contribution in [2.24, 2.45) is 0 Å². The molecule has 146 valence electrons. The maximum absolute atomic E-state index is 5.40. The van der Waals surface area contributed by atoms with Crippen molar-refractivity contribution in [1.82, 2.24) is 25.1 Å². The number of rotatable bonds is 4. The third kappa shape index (κ3) is 3.40. The molecule has 0 aromatic carbocycles. The third-order valence-electron chi connectivity index (χ3n) is 5.63. The summed E-state index contributed by atoms with van der Waals surface area (Å²) in [7, 11) is 0. The van der Waals surface area contributed by atoms with Gasteiger partial charge in [0, 0.05) is 43.3 Å². The molecule has 5 rings (SSSR count). The molecule has 1 aliphatic carbocycles. The van der Waals surface area contributed by atoms with E-state index < -0.39 is 0 Å². The fourth-order valence-corrected chi connectivity index (χ4v) is 4.10. The van der Waals surface area contributed by atoms with Crippen molar-refractivity contribution in [2.75, 3.05) is 36.5 Å². The smallest absolute Gasteiger partial charge is 0.225 e. The largest absolute Gasteiger partial charge is 0.378 e. The van der Waals surface area contributed by atoms with Crippen molar-refractivity contribution in [2.45, 2.75) is 38.1 Å². The maximum Gasteiger partial charge on any atom is 0.225 e. The molecule has 1 saturated heterocycles. The molecule has 0 unspecified atom stereocenters. The fourth-order valence-electron chi connectivity index (χ4n) is 4.10. The first-order valence-electron chi connectivity index (χ1n) is 10.1. The number of aromatic amines is 1. The summed E-state index contributed by atoms with van der Waals surface area (Å²) < 4.78 is 5.40. The lowest BCUT2D eigenvalue weighted by molar-refractivity contribution is 0.122. The summed E-state index contributed by atoms with van der Waals surface area (Å²) in [5.41, 5.74) is 2.71. The zero-order valence-electron chi connectivity index (χ0n) is 15.9. The van der Waals surface area contributed by atoms with E-state index in [-0.39, 0.29) is 0 Å². The summed E-state index contributed by atoms with van der Waals surface area (Å²) in [6.45, 7) is 3.09. The number of pyridine rings is 1. The maximum atomic E-state index is 5.40. The van der Waals surface area contributed by atoms with Crippen LogP contribution in [0.3, 0.4) is 0 Å². The Morgan fingerprint density at radius 2 is 1.82 bits per heavy atom. The average molecular weight is 379 g/mol. The Kier molecular flexibility index (Phi) is 4.78. The van der Waals surface area contributed by atoms with E-state index >= 15 is 0 Å². The van der Waals surface area contributed by atoms with Gasteiger partial charge in [0.25, 0.3) is 0 Å². The van der Waals surface area contributed by atoms with Gasteiger partial charge in [-0.1, -0.05) is 19.3 Å². The van der Waals surface area contributed by atoms with Gasteiger partial charge in [-0.15, -0.1) is 0 Å². The van der Waals surface area contributed by atoms with Gasteiger partial charge in [0.1, 0.15) is 11.5 Å². The SMILES string of the molecule is c1cc2[nH]nc(-c3cnc(N4CCOCC4)nc3)c2c(NC2CCCCC2)n1. The molecule has 8 nitrogen and oxygen atoms in total. The summed E-state index contributed by atoms with van der Waals surface area (Å²) in [5.74, 6) is 1.64. The summed E-state index contributed by atoms with van der Waals surface area (Å²) >= 11 is 0. The topological polar surface area (TPSA) is 91.9 Å². The lowest BCUT2D eigenvalue weighted by Crippen LogP contribution is -2.37. The van der Waals surface area contributed by atoms with E-state index in [1.807, 2.05) is 24.7 Å². The molecule has 0 spiro atoms. The van der Waals surface area contributed by atoms with Crippen LogP contribution in [0.4, 0.5) is 11.8 Å². The molecule has 3 aromatic heterocycles. The molecule has 3 aromatic rings. The van der Waals surface area contributed by atoms with Crippen molar-refractivity contribution >= 4 is 22.7 Å². The predicted octanol–water partition coefficient (Wildman–Crippen LogP) is 3.00. The number of nitrogens with zero attached hydrogens (tertiary/aromatic N) is 5. The first-order chi connectivity index (χ1) is 13.9. The average Bonchev–Trinajstić information content (AvgIpc) is 3.21. The van der Waals surface area contributed by atoms with Crippen LogP contribution < -0.4 is 10.2 Å². The van der Waals surface area contributed by atoms with Crippen LogP contribution in [0.15, 0.2) is 24.7 Å². The third-order valence-corrected chi connectivity index (χ3v) is 5.63. The predicted molar refractivity (Wildman–Crippen MR) is 108 cm³/mol. The second kappa shape index (κ2) is 7.71. The van der Waals surface area contributed by atoms with Crippen LogP contribution in [0.2, 0.25) is 0 Å². The minimum Gasteiger partial charge on any atom is -0.378 e. The van der Waals surface area contributed by atoms with Gasteiger partial charge in [0.05, 0.1) is 24.1 Å². The van der Waals surface area contributed by atoms with Gasteiger partial charge in [0.2, 0.25) is 5.95 Å². The van der Waals surface area contributed by atoms with Gasteiger partial charge >= 0.3 is 0 Å². The fraction of sp³-hybridized carbons (Fsp3) is 0.500. The second-order valence-corrected chi connectivity index (χ2v) is 7.50. The second-order valence-electron chi connectivity index (χ2n) is 7.50. The number of aromatic nitrogens is 5. The monoisotopic (exact) mass is 379 g/mol. The van der Waals surface area contributed by atoms with Crippen LogP contribution in [-0.2, 0) is 4.74 Å². The molecule has 0 bridgehead atoms. The molecular weight excluding hydrogens is 354 g/mol. The highest BCUT2D eigenvalue weighted by Crippen LogP contribution is 2.32. The number of hydrogen-bond acceptors (Lipinski definition) is 7. The lowest BCUT2D eigenvalue weighted by Gasteiger charge is -2.26. The van der Waals surface area contributed by atoms with Crippen molar-refractivity contribution in [3.63, 3.8) is 0 Å². The molecule has 0 radical (unpaired) electrons. The highest BCUT2D eigenvalue weighted by Gasteiger charge is 2.19. The van der Waals surface area contributed by atoms with Crippen LogP contribution in [0.5, 0.6) is 0 Å². The van der Waals surface area contributed by atoms with Crippen LogP contribution in [0.25, 0.3) is 22.2 Å². The minimum atomic E-state index is 0.481. The number of fused-ring (bicyclic) bond motifs is 1. The number of nitrogens with one attached hydrogen (secondary N) is 2. The van der Waals surface area contributed by atoms with E-state index in [0.717, 1.165) is 60.2 Å². The van der Waals surface area contributed by atoms with Gasteiger partial charge < -0.3 is 15.0 Å². The van der Waals surface area contributed by atoms with Gasteiger partial charge in [-0.2, -0.15) is 5.10 Å². The Bertz CT molecular complexity index is 927. The molecule has 2 N–H and O–H groups in total. The lowest BCUT2D eigenvalue weighted by atomic mass is 9.95. The standard InChI is InChI=1S/C20H25N7O/c1-2-4-15(5-3-1)24-19-17-16(6-7-21-19)25-26-18(17)14-12-22-20(23-13-14)27-8-10-28-11-9-27/h6-7,12-13,15H,1-5,8-11H2,(H,21,24)(H,25,26). The van der Waals surface area contributed by atoms with Gasteiger partial charge in [-0.05, 0) is 18.9 Å². The van der Waals surface area contributed by atoms with Crippen LogP contribution in [0, 0.1) is 0 Å². The van der Waals surface area contributed by atoms with E-state index in [1.165, 1.54) is 32.1 Å². The summed E-state index contributed by atoms with van der Waals surface area (Å²) in [5, 5.41) is 12.3. The molecule has 8 heteroatoms. The summed E-state index contributed by atoms with van der Waals surface area (Å²) in [6, 6.07) is 2.44. The number of hydrogen-bond donors (Lipinski definition) is 2. The highest BCUT2D eigenvalue weighted by molar-refractivity contribution is 6.00. The summed E-state index contributed by atoms with van der Waals surface area (Å²) in [6.07, 6.45) is 11.8. The zero-order valence-corrected chi connectivity index (χ0v) is 15.9. The molecule has 1 aliphatic heterocycles. The van der Waals surface area contributed by atoms with E-state index in [9.17, 15) is 0 Å². The van der Waals surface area contributed by atoms with Gasteiger partial charge in [-0.25, -0.2) is 15.0 Å². The van der Waals surface area contributed by atoms with E-state index in [4.69, 9.17) is 4.74 Å². The highest BCUT2D eigenvalue weighted by atomic mass is 16.5. The Morgan fingerprint density at radius 3 is 2.61 bits per heavy atom. The quantitative estimate of drug-likeness (QED) is 0.720. The Hall–Kier alpha value is -2.74. The first kappa shape index (κ1) is 17.4. The van der Waals surface area contributed by atoms with Crippen molar-refractivity contribution in [1.29, 1.82) is 0 Å². The zero-order chi connectivity index (χ0) is 18.8. The molecule has 2 aliphatic rings. The van der Waals surface area contributed by atoms with Crippen LogP contribution >= 0.6 is 0 Å². The van der Waals surface area contributed by atoms with Gasteiger partial charge in [0.15, 0.2) is 0 Å². The Labute approximate surface area is 163 Å². The number of ether oxygens (including phenoxy) is 1. The number of H-pyrrole nitrogens is 1. The summed E-state index contributed by atoms with van der Waals surface area (Å²) in [4.78, 5) is 15.9. The van der Waals surface area contributed by atoms with E-state index in [1.54, 1.807) is 0 Å². The molecule has 1 saturated carbocycles. The molecule has 2 fully saturated rings. The van der Waals surface area contributed by atoms with Crippen LogP contribution in [0.1, 0.15) is 32.1 Å². The molecule has 28 heavy (non-hydrogen) atoms. The van der Waals surface area contributed by atoms with Gasteiger partial charge in [-0.3, -0.25) is 5.10 Å². The molecule has 4 heterocycles. The normalized spacial score (nSPS) is 18.5. The Balaban J connectivity index is 1.45. The molecular formula is C20H25N7O. The first-order valence-corrected chi connectivity index (χ1v) is 10.1. The Morgan fingerprint density at radius 1 is 1.04 bits per heavy atom. The van der Waals surface area contributed by atoms with E-state index in [2.05, 4.69) is 35.4 Å². The molecule has 0 amide bonds. The molecule has 0 atom stereocenters. The number of anilines is 2. The minimum absolute atomic E-state index is 0.481. The van der Waals surface area contributed by atoms with Crippen molar-refractivity contribution in [3.05, 3.63) is 24.7 Å².